The minimum absolute atomic E-state index is 0. The summed E-state index contributed by atoms with van der Waals surface area (Å²) in [5.74, 6) is -8.13. The minimum atomic E-state index is -1.39. The fourth-order valence-electron chi connectivity index (χ4n) is 10.00. The molecule has 2 aliphatic rings. The van der Waals surface area contributed by atoms with E-state index in [0.717, 1.165) is 64.2 Å². The topological polar surface area (TPSA) is 614 Å². The van der Waals surface area contributed by atoms with Gasteiger partial charge in [0.25, 0.3) is 22.9 Å². The van der Waals surface area contributed by atoms with Crippen LogP contribution in [0, 0.1) is 0 Å². The number of nitrogens with two attached hydrogens (primary N) is 4. The molecule has 4 heterocycles. The number of nitrogens with zero attached hydrogens (tertiary/aromatic N) is 2. The number of H-pyrrole nitrogens is 2. The van der Waals surface area contributed by atoms with Crippen molar-refractivity contribution in [2.24, 2.45) is 11.5 Å². The highest BCUT2D eigenvalue weighted by Gasteiger charge is 2.26. The number of benzene rings is 2. The van der Waals surface area contributed by atoms with E-state index in [2.05, 4.69) is 87.0 Å². The molecule has 0 aliphatic carbocycles. The molecule has 0 fully saturated rings. The van der Waals surface area contributed by atoms with Crippen LogP contribution in [0.25, 0.3) is 0 Å². The number of anilines is 8. The molecule has 37 heteroatoms. The van der Waals surface area contributed by atoms with Crippen LogP contribution in [0.15, 0.2) is 58.1 Å². The Labute approximate surface area is 602 Å². The Kier molecular flexibility index (Phi) is 42.3. The van der Waals surface area contributed by atoms with E-state index in [-0.39, 0.29) is 84.4 Å². The quantitative estimate of drug-likeness (QED) is 0.0274. The van der Waals surface area contributed by atoms with E-state index in [1.54, 1.807) is 24.3 Å². The molecule has 2 aromatic heterocycles. The predicted octanol–water partition coefficient (Wildman–Crippen LogP) is 0.855. The van der Waals surface area contributed by atoms with Gasteiger partial charge in [-0.05, 0) is 139 Å². The van der Waals surface area contributed by atoms with E-state index >= 15 is 0 Å². The number of aliphatic carboxylic acids is 6. The molecule has 0 bridgehead atoms. The van der Waals surface area contributed by atoms with Crippen LogP contribution in [0.3, 0.4) is 0 Å². The summed E-state index contributed by atoms with van der Waals surface area (Å²) in [6.07, 6.45) is 14.0. The first-order valence-electron chi connectivity index (χ1n) is 34.1. The highest BCUT2D eigenvalue weighted by atomic mass is 32.1. The lowest BCUT2D eigenvalue weighted by Crippen LogP contribution is -2.42. The van der Waals surface area contributed by atoms with Crippen LogP contribution < -0.4 is 97.4 Å². The number of rotatable bonds is 42. The van der Waals surface area contributed by atoms with E-state index in [1.807, 2.05) is 0 Å². The summed E-state index contributed by atoms with van der Waals surface area (Å²) in [4.78, 5) is 150. The summed E-state index contributed by atoms with van der Waals surface area (Å²) < 4.78 is 0. The molecule has 24 N–H and O–H groups in total. The first-order valence-corrected chi connectivity index (χ1v) is 34.1. The number of hydrogen-bond acceptors (Lipinski definition) is 26. The number of carbonyl (C=O) groups is 10. The summed E-state index contributed by atoms with van der Waals surface area (Å²) in [5, 5.41) is 85.7. The Bertz CT molecular complexity index is 3230. The maximum Gasteiger partial charge on any atom is 2.00 e. The van der Waals surface area contributed by atoms with Gasteiger partial charge >= 0.3 is 37.4 Å². The van der Waals surface area contributed by atoms with Crippen molar-refractivity contribution < 1.29 is 78.6 Å². The van der Waals surface area contributed by atoms with Gasteiger partial charge in [0.1, 0.15) is 35.5 Å². The van der Waals surface area contributed by atoms with Crippen LogP contribution in [0.5, 0.6) is 0 Å². The monoisotopic (exact) mass is 1460 g/mol. The number of carboxylic acid groups (broad SMARTS) is 6. The number of carboxylic acids is 6. The van der Waals surface area contributed by atoms with Crippen LogP contribution in [0.1, 0.15) is 176 Å². The van der Waals surface area contributed by atoms with Crippen molar-refractivity contribution in [1.82, 2.24) is 41.2 Å². The average molecular weight is 1470 g/mol. The first kappa shape index (κ1) is 88.7. The third-order valence-electron chi connectivity index (χ3n) is 15.7. The Morgan fingerprint density at radius 2 is 0.806 bits per heavy atom. The number of hydrogen-bond donors (Lipinski definition) is 20. The third kappa shape index (κ3) is 35.6. The molecule has 6 rings (SSSR count). The fraction of sp³-hybridized carbons (Fsp3) is 0.545. The zero-order valence-corrected chi connectivity index (χ0v) is 58.8. The van der Waals surface area contributed by atoms with Gasteiger partial charge in [0.05, 0.1) is 12.1 Å². The lowest BCUT2D eigenvalue weighted by molar-refractivity contribution is -0.307. The molecule has 0 saturated heterocycles. The van der Waals surface area contributed by atoms with Gasteiger partial charge < -0.3 is 116 Å². The number of nitrogen functional groups attached to an aromatic ring is 2. The molecular weight excluding hydrogens is 1360 g/mol. The molecule has 4 radical (unpaired) electrons. The largest absolute Gasteiger partial charge is 2.00 e. The Morgan fingerprint density at radius 1 is 0.476 bits per heavy atom. The number of aromatic nitrogens is 4. The normalized spacial score (nSPS) is 14.1. The Morgan fingerprint density at radius 3 is 1.12 bits per heavy atom. The molecule has 0 spiro atoms. The van der Waals surface area contributed by atoms with Gasteiger partial charge in [0, 0.05) is 73.5 Å². The highest BCUT2D eigenvalue weighted by Crippen LogP contribution is 2.22. The van der Waals surface area contributed by atoms with E-state index in [9.17, 15) is 67.7 Å². The van der Waals surface area contributed by atoms with Gasteiger partial charge in [-0.2, -0.15) is 9.97 Å². The van der Waals surface area contributed by atoms with Crippen LogP contribution >= 0.6 is 0 Å². The van der Waals surface area contributed by atoms with Gasteiger partial charge in [0.2, 0.25) is 23.7 Å². The lowest BCUT2D eigenvalue weighted by Gasteiger charge is -2.27. The van der Waals surface area contributed by atoms with Crippen molar-refractivity contribution in [2.45, 2.75) is 191 Å². The molecule has 2 unspecified atom stereocenters. The van der Waals surface area contributed by atoms with Gasteiger partial charge in [-0.3, -0.25) is 38.7 Å². The average Bonchev–Trinajstić information content (AvgIpc) is 0.817. The predicted molar refractivity (Wildman–Crippen MR) is 386 cm³/mol. The fourth-order valence-corrected chi connectivity index (χ4v) is 10.00. The second-order valence-corrected chi connectivity index (χ2v) is 24.1. The van der Waals surface area contributed by atoms with Crippen molar-refractivity contribution in [3.8, 4) is 0 Å². The number of nitrogens with one attached hydrogen (secondary N) is 12. The second-order valence-electron chi connectivity index (χ2n) is 24.1. The van der Waals surface area contributed by atoms with Crippen molar-refractivity contribution in [1.29, 1.82) is 0 Å². The van der Waals surface area contributed by atoms with Crippen molar-refractivity contribution >= 4 is 119 Å². The highest BCUT2D eigenvalue weighted by molar-refractivity contribution is 7.37. The summed E-state index contributed by atoms with van der Waals surface area (Å²) in [7, 11) is 0. The molecule has 4 aromatic rings. The molecule has 103 heavy (non-hydrogen) atoms. The number of unbranched alkanes of at least 4 members (excludes halogenated alkanes) is 10. The first-order chi connectivity index (χ1) is 48.7. The van der Waals surface area contributed by atoms with Crippen LogP contribution in [-0.4, -0.2) is 175 Å². The molecule has 4 amide bonds. The molecular formula is C66H100N18O18S. The smallest absolute Gasteiger partial charge is 0.550 e. The maximum atomic E-state index is 12.3. The summed E-state index contributed by atoms with van der Waals surface area (Å²) in [6.45, 7) is 7.29. The molecule has 568 valence electrons. The van der Waals surface area contributed by atoms with Crippen LogP contribution in [0.2, 0.25) is 0 Å². The van der Waals surface area contributed by atoms with Gasteiger partial charge in [0.15, 0.2) is 11.6 Å². The molecule has 2 aromatic carbocycles. The second kappa shape index (κ2) is 49.2. The Hall–Kier alpha value is -10.4. The molecule has 36 nitrogen and oxygen atoms in total. The van der Waals surface area contributed by atoms with Gasteiger partial charge in [-0.15, -0.1) is 0 Å². The molecule has 0 saturated carbocycles. The number of amides is 4. The van der Waals surface area contributed by atoms with Crippen molar-refractivity contribution in [3.05, 3.63) is 80.4 Å². The van der Waals surface area contributed by atoms with Crippen molar-refractivity contribution in [2.75, 3.05) is 82.6 Å². The van der Waals surface area contributed by atoms with Crippen molar-refractivity contribution in [3.63, 3.8) is 0 Å². The lowest BCUT2D eigenvalue weighted by atomic mass is 10.1. The number of carbonyl (C=O) groups excluding carboxylic acids is 6. The summed E-state index contributed by atoms with van der Waals surface area (Å²) in [5.41, 5.74) is 23.5. The molecule has 2 aliphatic heterocycles. The van der Waals surface area contributed by atoms with Crippen LogP contribution in [0.4, 0.5) is 46.3 Å². The van der Waals surface area contributed by atoms with Gasteiger partial charge in [-0.25, -0.2) is 19.2 Å². The van der Waals surface area contributed by atoms with Gasteiger partial charge in [-0.1, -0.05) is 65.2 Å². The SMILES string of the molecule is CCCCCCCC(=O)N[C@@H](CCCCN)C(=O)O.CCCCCCCC(=O)N[C@@H](CCCCN)C(=O)O.Nc1nc2c(c(=O)[nH]1)NC(CNc1ccc(C(=O)N[C@@H](CCC(=O)[O-])C(=O)O)cc1)CN2.Nc1nc2c(c(=O)[nH]1)NC(CNc1ccc(C(=O)N[C@@H](CCC(=O)[O-])C(=O)O)cc1)CN2.[S+2]. The van der Waals surface area contributed by atoms with E-state index in [4.69, 9.17) is 43.4 Å². The van der Waals surface area contributed by atoms with E-state index in [0.29, 0.717) is 99.3 Å². The third-order valence-corrected chi connectivity index (χ3v) is 15.7. The molecule has 6 atom stereocenters. The maximum absolute atomic E-state index is 12.3. The minimum Gasteiger partial charge on any atom is -0.550 e. The van der Waals surface area contributed by atoms with Crippen LogP contribution in [-0.2, 0) is 51.9 Å². The Balaban J connectivity index is 0.000000481. The van der Waals surface area contributed by atoms with E-state index in [1.165, 1.54) is 49.9 Å². The summed E-state index contributed by atoms with van der Waals surface area (Å²) >= 11 is 0. The standard InChI is InChI=1S/2C19H23N7O6.2C14H28N2O3.S/c2*20-19-25-15-14(17(30)26-19)23-11(8-22-15)7-21-10-3-1-9(2-4-10)16(29)24-12(18(31)32)5-6-13(27)28;2*1-2-3-4-5-6-10-13(17)16-12(14(18)19)9-7-8-11-15;/h2*1-4,11-12,21,23H,5-8H2,(H,24,29)(H,27,28)(H,31,32)(H4,20,22,25,26,30);2*12H,2-11,15H2,1H3,(H,16,17)(H,18,19);/q;;;;+2/p-2/t2*11?,12-;2*12-;/m0000./s1. The summed E-state index contributed by atoms with van der Waals surface area (Å²) in [6, 6.07) is 8.15. The number of aromatic amines is 2. The zero-order chi connectivity index (χ0) is 75.5. The number of fused-ring (bicyclic) bond motifs is 2. The zero-order valence-electron chi connectivity index (χ0n) is 58.0. The van der Waals surface area contributed by atoms with E-state index < -0.39 is 84.6 Å².